The molecule has 0 aromatic carbocycles. The first kappa shape index (κ1) is 7.80. The lowest BCUT2D eigenvalue weighted by Crippen LogP contribution is -1.75. The third kappa shape index (κ3) is 1.25. The number of rotatable bonds is 1. The number of H-pyrrole nitrogens is 1. The molecule has 62 valence electrons. The Balaban J connectivity index is 2.67. The highest BCUT2D eigenvalue weighted by Crippen LogP contribution is 2.16. The minimum atomic E-state index is 0.886. The molecular formula is C9H9BrN2. The maximum Gasteiger partial charge on any atom is 0.106 e. The van der Waals surface area contributed by atoms with Crippen molar-refractivity contribution in [2.75, 3.05) is 0 Å². The fourth-order valence-corrected chi connectivity index (χ4v) is 1.55. The van der Waals surface area contributed by atoms with E-state index < -0.39 is 0 Å². The third-order valence-corrected chi connectivity index (χ3v) is 2.32. The lowest BCUT2D eigenvalue weighted by atomic mass is 10.3. The molecule has 0 aliphatic heterocycles. The van der Waals surface area contributed by atoms with Crippen LogP contribution in [0.15, 0.2) is 22.8 Å². The van der Waals surface area contributed by atoms with E-state index in [9.17, 15) is 0 Å². The van der Waals surface area contributed by atoms with Crippen LogP contribution in [-0.4, -0.2) is 9.97 Å². The molecule has 1 N–H and O–H groups in total. The molecule has 0 bridgehead atoms. The van der Waals surface area contributed by atoms with Gasteiger partial charge in [0.1, 0.15) is 4.60 Å². The molecule has 12 heavy (non-hydrogen) atoms. The number of fused-ring (bicyclic) bond motifs is 1. The number of hydrogen-bond acceptors (Lipinski definition) is 1. The van der Waals surface area contributed by atoms with E-state index in [1.54, 1.807) is 0 Å². The molecule has 0 atom stereocenters. The molecular weight excluding hydrogens is 216 g/mol. The van der Waals surface area contributed by atoms with Crippen LogP contribution in [0.1, 0.15) is 12.6 Å². The highest BCUT2D eigenvalue weighted by molar-refractivity contribution is 9.10. The van der Waals surface area contributed by atoms with Crippen LogP contribution in [0.2, 0.25) is 0 Å². The molecule has 2 heterocycles. The van der Waals surface area contributed by atoms with Gasteiger partial charge < -0.3 is 4.98 Å². The number of nitrogens with one attached hydrogen (secondary N) is 1. The van der Waals surface area contributed by atoms with Gasteiger partial charge >= 0.3 is 0 Å². The Morgan fingerprint density at radius 2 is 2.33 bits per heavy atom. The molecule has 0 amide bonds. The van der Waals surface area contributed by atoms with Gasteiger partial charge in [-0.25, -0.2) is 4.98 Å². The van der Waals surface area contributed by atoms with Crippen LogP contribution in [0.4, 0.5) is 0 Å². The fourth-order valence-electron chi connectivity index (χ4n) is 1.23. The molecule has 0 radical (unpaired) electrons. The van der Waals surface area contributed by atoms with Crippen LogP contribution in [-0.2, 0) is 6.42 Å². The summed E-state index contributed by atoms with van der Waals surface area (Å²) in [6.45, 7) is 2.12. The highest BCUT2D eigenvalue weighted by atomic mass is 79.9. The summed E-state index contributed by atoms with van der Waals surface area (Å²) in [4.78, 5) is 7.62. The maximum absolute atomic E-state index is 4.33. The van der Waals surface area contributed by atoms with Crippen molar-refractivity contribution >= 4 is 27.0 Å². The van der Waals surface area contributed by atoms with E-state index in [1.807, 2.05) is 12.1 Å². The first-order chi connectivity index (χ1) is 5.79. The van der Waals surface area contributed by atoms with Crippen molar-refractivity contribution in [2.45, 2.75) is 13.3 Å². The van der Waals surface area contributed by atoms with Crippen molar-refractivity contribution in [1.29, 1.82) is 0 Å². The number of hydrogen-bond donors (Lipinski definition) is 1. The Morgan fingerprint density at radius 3 is 3.08 bits per heavy atom. The molecule has 0 spiro atoms. The molecule has 0 aliphatic rings. The zero-order valence-corrected chi connectivity index (χ0v) is 8.35. The van der Waals surface area contributed by atoms with Gasteiger partial charge in [0.25, 0.3) is 0 Å². The molecule has 2 rings (SSSR count). The number of aryl methyl sites for hydroxylation is 1. The van der Waals surface area contributed by atoms with E-state index in [-0.39, 0.29) is 0 Å². The second-order valence-corrected chi connectivity index (χ2v) is 3.53. The number of halogens is 1. The summed E-state index contributed by atoms with van der Waals surface area (Å²) >= 11 is 3.34. The van der Waals surface area contributed by atoms with E-state index in [2.05, 4.69) is 38.9 Å². The van der Waals surface area contributed by atoms with Crippen molar-refractivity contribution in [1.82, 2.24) is 9.97 Å². The van der Waals surface area contributed by atoms with Gasteiger partial charge in [-0.1, -0.05) is 6.92 Å². The summed E-state index contributed by atoms with van der Waals surface area (Å²) in [7, 11) is 0. The second kappa shape index (κ2) is 2.90. The molecule has 0 fully saturated rings. The van der Waals surface area contributed by atoms with Gasteiger partial charge in [-0.3, -0.25) is 0 Å². The van der Waals surface area contributed by atoms with Crippen molar-refractivity contribution in [3.05, 3.63) is 28.5 Å². The van der Waals surface area contributed by atoms with Gasteiger partial charge in [0.2, 0.25) is 0 Å². The quantitative estimate of drug-likeness (QED) is 0.742. The summed E-state index contributed by atoms with van der Waals surface area (Å²) in [5.74, 6) is 0. The molecule has 0 aliphatic carbocycles. The summed E-state index contributed by atoms with van der Waals surface area (Å²) in [5, 5.41) is 0. The van der Waals surface area contributed by atoms with Crippen molar-refractivity contribution in [3.63, 3.8) is 0 Å². The third-order valence-electron chi connectivity index (χ3n) is 1.88. The summed E-state index contributed by atoms with van der Waals surface area (Å²) in [6, 6.07) is 6.06. The number of aromatic nitrogens is 2. The number of pyridine rings is 1. The summed E-state index contributed by atoms with van der Waals surface area (Å²) in [5.41, 5.74) is 3.37. The van der Waals surface area contributed by atoms with Crippen molar-refractivity contribution < 1.29 is 0 Å². The maximum atomic E-state index is 4.33. The van der Waals surface area contributed by atoms with Crippen molar-refractivity contribution in [3.8, 4) is 0 Å². The minimum Gasteiger partial charge on any atom is -0.357 e. The average Bonchev–Trinajstić information content (AvgIpc) is 2.46. The molecule has 3 heteroatoms. The Kier molecular flexibility index (Phi) is 1.89. The molecule has 0 saturated heterocycles. The van der Waals surface area contributed by atoms with Crippen LogP contribution >= 0.6 is 15.9 Å². The van der Waals surface area contributed by atoms with Crippen LogP contribution in [0.5, 0.6) is 0 Å². The molecule has 2 aromatic rings. The normalized spacial score (nSPS) is 10.8. The molecule has 0 saturated carbocycles. The topological polar surface area (TPSA) is 28.7 Å². The van der Waals surface area contributed by atoms with Crippen LogP contribution in [0.3, 0.4) is 0 Å². The van der Waals surface area contributed by atoms with Gasteiger partial charge in [-0.2, -0.15) is 0 Å². The number of aromatic amines is 1. The lowest BCUT2D eigenvalue weighted by molar-refractivity contribution is 1.07. The van der Waals surface area contributed by atoms with E-state index in [0.29, 0.717) is 0 Å². The largest absolute Gasteiger partial charge is 0.357 e. The van der Waals surface area contributed by atoms with E-state index in [4.69, 9.17) is 0 Å². The van der Waals surface area contributed by atoms with Gasteiger partial charge in [0.15, 0.2) is 0 Å². The minimum absolute atomic E-state index is 0.886. The predicted octanol–water partition coefficient (Wildman–Crippen LogP) is 2.89. The average molecular weight is 225 g/mol. The highest BCUT2D eigenvalue weighted by Gasteiger charge is 1.99. The Bertz CT molecular complexity index is 406. The SMILES string of the molecule is CCc1cc2nc(Br)ccc2[nH]1. The van der Waals surface area contributed by atoms with E-state index in [0.717, 1.165) is 22.1 Å². The zero-order chi connectivity index (χ0) is 8.55. The second-order valence-electron chi connectivity index (χ2n) is 2.71. The summed E-state index contributed by atoms with van der Waals surface area (Å²) < 4.78 is 0.886. The monoisotopic (exact) mass is 224 g/mol. The van der Waals surface area contributed by atoms with E-state index >= 15 is 0 Å². The van der Waals surface area contributed by atoms with Gasteiger partial charge in [0.05, 0.1) is 11.0 Å². The van der Waals surface area contributed by atoms with E-state index in [1.165, 1.54) is 5.69 Å². The van der Waals surface area contributed by atoms with Gasteiger partial charge in [0, 0.05) is 5.69 Å². The standard InChI is InChI=1S/C9H9BrN2/c1-2-6-5-8-7(11-6)3-4-9(10)12-8/h3-5,11H,2H2,1H3. The first-order valence-corrected chi connectivity index (χ1v) is 4.73. The lowest BCUT2D eigenvalue weighted by Gasteiger charge is -1.88. The fraction of sp³-hybridized carbons (Fsp3) is 0.222. The molecule has 2 nitrogen and oxygen atoms in total. The number of nitrogens with zero attached hydrogens (tertiary/aromatic N) is 1. The Hall–Kier alpha value is -0.830. The van der Waals surface area contributed by atoms with Crippen molar-refractivity contribution in [2.24, 2.45) is 0 Å². The predicted molar refractivity (Wildman–Crippen MR) is 53.2 cm³/mol. The van der Waals surface area contributed by atoms with Crippen LogP contribution in [0, 0.1) is 0 Å². The Morgan fingerprint density at radius 1 is 1.50 bits per heavy atom. The van der Waals surface area contributed by atoms with Crippen LogP contribution < -0.4 is 0 Å². The van der Waals surface area contributed by atoms with Gasteiger partial charge in [-0.05, 0) is 40.5 Å². The molecule has 2 aromatic heterocycles. The zero-order valence-electron chi connectivity index (χ0n) is 6.76. The first-order valence-electron chi connectivity index (χ1n) is 3.93. The Labute approximate surface area is 79.1 Å². The molecule has 0 unspecified atom stereocenters. The van der Waals surface area contributed by atoms with Gasteiger partial charge in [-0.15, -0.1) is 0 Å². The summed E-state index contributed by atoms with van der Waals surface area (Å²) in [6.07, 6.45) is 1.02. The van der Waals surface area contributed by atoms with Crippen LogP contribution in [0.25, 0.3) is 11.0 Å². The smallest absolute Gasteiger partial charge is 0.106 e.